The third-order valence-electron chi connectivity index (χ3n) is 6.26. The van der Waals surface area contributed by atoms with Crippen LogP contribution >= 0.6 is 0 Å². The summed E-state index contributed by atoms with van der Waals surface area (Å²) >= 11 is 0. The molecule has 2 bridgehead atoms. The monoisotopic (exact) mass is 315 g/mol. The van der Waals surface area contributed by atoms with Crippen LogP contribution in [0.4, 0.5) is 4.79 Å². The molecule has 5 rings (SSSR count). The highest BCUT2D eigenvalue weighted by molar-refractivity contribution is 5.68. The molecule has 0 spiro atoms. The minimum absolute atomic E-state index is 0.0698. The molecule has 0 unspecified atom stereocenters. The van der Waals surface area contributed by atoms with Crippen LogP contribution in [-0.2, 0) is 11.3 Å². The number of aliphatic hydroxyl groups is 1. The van der Waals surface area contributed by atoms with E-state index in [0.717, 1.165) is 30.9 Å². The Morgan fingerprint density at radius 1 is 1.22 bits per heavy atom. The zero-order valence-electron chi connectivity index (χ0n) is 13.5. The van der Waals surface area contributed by atoms with Gasteiger partial charge in [0.15, 0.2) is 0 Å². The number of nitrogens with zero attached hydrogens (tertiary/aromatic N) is 1. The number of aliphatic hydroxyl groups excluding tert-OH is 1. The first-order valence-corrected chi connectivity index (χ1v) is 8.71. The van der Waals surface area contributed by atoms with Crippen LogP contribution in [0.5, 0.6) is 0 Å². The van der Waals surface area contributed by atoms with Crippen molar-refractivity contribution in [1.29, 1.82) is 0 Å². The molecule has 1 aromatic carbocycles. The maximum atomic E-state index is 12.5. The van der Waals surface area contributed by atoms with Crippen LogP contribution < -0.4 is 0 Å². The van der Waals surface area contributed by atoms with E-state index >= 15 is 0 Å². The van der Waals surface area contributed by atoms with Crippen molar-refractivity contribution in [3.05, 3.63) is 35.9 Å². The van der Waals surface area contributed by atoms with Crippen molar-refractivity contribution in [3.8, 4) is 0 Å². The molecule has 4 nitrogen and oxygen atoms in total. The van der Waals surface area contributed by atoms with Gasteiger partial charge in [0.1, 0.15) is 6.61 Å². The molecule has 23 heavy (non-hydrogen) atoms. The van der Waals surface area contributed by atoms with E-state index in [2.05, 4.69) is 0 Å². The molecule has 1 amide bonds. The third-order valence-corrected chi connectivity index (χ3v) is 6.26. The number of hydrogen-bond donors (Lipinski definition) is 1. The Balaban J connectivity index is 1.41. The lowest BCUT2D eigenvalue weighted by atomic mass is 9.43. The van der Waals surface area contributed by atoms with Crippen LogP contribution in [0.1, 0.15) is 37.7 Å². The normalized spacial score (nSPS) is 32.8. The zero-order chi connectivity index (χ0) is 15.9. The molecule has 2 aliphatic carbocycles. The van der Waals surface area contributed by atoms with Gasteiger partial charge in [0.2, 0.25) is 0 Å². The molecule has 124 valence electrons. The number of rotatable bonds is 4. The fraction of sp³-hybridized carbons (Fsp3) is 0.632. The molecule has 0 aromatic heterocycles. The van der Waals surface area contributed by atoms with Gasteiger partial charge in [0.05, 0.1) is 6.61 Å². The molecule has 1 aromatic rings. The van der Waals surface area contributed by atoms with Crippen LogP contribution in [0, 0.1) is 16.7 Å². The molecular weight excluding hydrogens is 290 g/mol. The summed E-state index contributed by atoms with van der Waals surface area (Å²) in [7, 11) is 0. The fourth-order valence-corrected chi connectivity index (χ4v) is 5.05. The predicted octanol–water partition coefficient (Wildman–Crippen LogP) is 3.20. The van der Waals surface area contributed by atoms with Crippen molar-refractivity contribution in [1.82, 2.24) is 4.90 Å². The summed E-state index contributed by atoms with van der Waals surface area (Å²) in [6.07, 6.45) is 5.84. The summed E-state index contributed by atoms with van der Waals surface area (Å²) < 4.78 is 5.51. The molecule has 2 saturated carbocycles. The van der Waals surface area contributed by atoms with Crippen molar-refractivity contribution >= 4 is 6.09 Å². The number of piperidine rings is 2. The number of fused-ring (bicyclic) bond motifs is 2. The third kappa shape index (κ3) is 2.53. The molecule has 2 aliphatic heterocycles. The van der Waals surface area contributed by atoms with Crippen molar-refractivity contribution in [2.24, 2.45) is 16.7 Å². The Morgan fingerprint density at radius 2 is 1.96 bits per heavy atom. The molecule has 1 N–H and O–H groups in total. The number of hydrogen-bond acceptors (Lipinski definition) is 3. The predicted molar refractivity (Wildman–Crippen MR) is 86.7 cm³/mol. The molecule has 4 aliphatic rings. The second-order valence-electron chi connectivity index (χ2n) is 7.90. The van der Waals surface area contributed by atoms with E-state index in [-0.39, 0.29) is 23.5 Å². The minimum Gasteiger partial charge on any atom is -0.445 e. The molecule has 0 atom stereocenters. The van der Waals surface area contributed by atoms with Gasteiger partial charge in [-0.15, -0.1) is 0 Å². The first-order valence-electron chi connectivity index (χ1n) is 8.71. The van der Waals surface area contributed by atoms with E-state index in [4.69, 9.17) is 4.74 Å². The van der Waals surface area contributed by atoms with Crippen molar-refractivity contribution in [2.75, 3.05) is 19.7 Å². The second kappa shape index (κ2) is 5.52. The van der Waals surface area contributed by atoms with Gasteiger partial charge in [0, 0.05) is 18.5 Å². The van der Waals surface area contributed by atoms with Gasteiger partial charge in [-0.05, 0) is 42.6 Å². The highest BCUT2D eigenvalue weighted by Crippen LogP contribution is 2.65. The number of benzene rings is 1. The van der Waals surface area contributed by atoms with E-state index in [9.17, 15) is 9.90 Å². The van der Waals surface area contributed by atoms with Gasteiger partial charge in [-0.25, -0.2) is 4.79 Å². The topological polar surface area (TPSA) is 49.8 Å². The summed E-state index contributed by atoms with van der Waals surface area (Å²) in [5.41, 5.74) is 1.19. The summed E-state index contributed by atoms with van der Waals surface area (Å²) in [4.78, 5) is 14.3. The Kier molecular flexibility index (Phi) is 3.60. The van der Waals surface area contributed by atoms with Gasteiger partial charge in [0.25, 0.3) is 0 Å². The fourth-order valence-electron chi connectivity index (χ4n) is 5.05. The van der Waals surface area contributed by atoms with Crippen molar-refractivity contribution < 1.29 is 14.6 Å². The molecule has 4 heteroatoms. The summed E-state index contributed by atoms with van der Waals surface area (Å²) in [6, 6.07) is 9.78. The van der Waals surface area contributed by atoms with Crippen LogP contribution in [-0.4, -0.2) is 35.8 Å². The minimum atomic E-state index is -0.227. The maximum Gasteiger partial charge on any atom is 0.410 e. The van der Waals surface area contributed by atoms with Crippen LogP contribution in [0.15, 0.2) is 30.3 Å². The molecular formula is C19H25NO3. The molecule has 4 fully saturated rings. The first kappa shape index (κ1) is 15.0. The Bertz CT molecular complexity index is 576. The van der Waals surface area contributed by atoms with Gasteiger partial charge in [-0.3, -0.25) is 0 Å². The summed E-state index contributed by atoms with van der Waals surface area (Å²) in [5.74, 6) is 0.742. The van der Waals surface area contributed by atoms with Crippen LogP contribution in [0.25, 0.3) is 0 Å². The first-order chi connectivity index (χ1) is 11.1. The smallest absolute Gasteiger partial charge is 0.410 e. The number of amides is 1. The lowest BCUT2D eigenvalue weighted by molar-refractivity contribution is -0.187. The number of carbonyl (C=O) groups excluding carboxylic acids is 1. The summed E-state index contributed by atoms with van der Waals surface area (Å²) in [5, 5.41) is 9.80. The van der Waals surface area contributed by atoms with E-state index in [0.29, 0.717) is 13.2 Å². The van der Waals surface area contributed by atoms with E-state index in [1.165, 1.54) is 19.3 Å². The molecule has 2 heterocycles. The van der Waals surface area contributed by atoms with Crippen molar-refractivity contribution in [2.45, 2.75) is 38.7 Å². The SMILES string of the molecule is O=C(OCc1ccccc1)N1CC2(CO)CC(C3CCC3)(C1)C2. The van der Waals surface area contributed by atoms with Gasteiger partial charge in [-0.2, -0.15) is 0 Å². The summed E-state index contributed by atoms with van der Waals surface area (Å²) in [6.45, 7) is 1.96. The molecule has 2 saturated heterocycles. The van der Waals surface area contributed by atoms with Crippen LogP contribution in [0.3, 0.4) is 0 Å². The number of carbonyl (C=O) groups is 1. The second-order valence-corrected chi connectivity index (χ2v) is 7.90. The Morgan fingerprint density at radius 3 is 2.57 bits per heavy atom. The van der Waals surface area contributed by atoms with Gasteiger partial charge < -0.3 is 14.7 Å². The average Bonchev–Trinajstić information content (AvgIpc) is 2.50. The highest BCUT2D eigenvalue weighted by atomic mass is 16.6. The standard InChI is InChI=1S/C19H25NO3/c21-14-18-10-19(11-18,16-7-4-8-16)13-20(12-18)17(22)23-9-15-5-2-1-3-6-15/h1-3,5-6,16,21H,4,7-14H2. The highest BCUT2D eigenvalue weighted by Gasteiger charge is 2.63. The van der Waals surface area contributed by atoms with Gasteiger partial charge >= 0.3 is 6.09 Å². The maximum absolute atomic E-state index is 12.5. The number of ether oxygens (including phenoxy) is 1. The van der Waals surface area contributed by atoms with Gasteiger partial charge in [-0.1, -0.05) is 36.8 Å². The lowest BCUT2D eigenvalue weighted by Crippen LogP contribution is -2.68. The lowest BCUT2D eigenvalue weighted by Gasteiger charge is -2.67. The van der Waals surface area contributed by atoms with E-state index < -0.39 is 0 Å². The zero-order valence-corrected chi connectivity index (χ0v) is 13.5. The van der Waals surface area contributed by atoms with E-state index in [1.54, 1.807) is 0 Å². The Hall–Kier alpha value is -1.55. The van der Waals surface area contributed by atoms with Crippen molar-refractivity contribution in [3.63, 3.8) is 0 Å². The Labute approximate surface area is 137 Å². The largest absolute Gasteiger partial charge is 0.445 e. The average molecular weight is 315 g/mol. The van der Waals surface area contributed by atoms with E-state index in [1.807, 2.05) is 35.2 Å². The quantitative estimate of drug-likeness (QED) is 0.928. The molecule has 0 radical (unpaired) electrons. The van der Waals surface area contributed by atoms with Crippen LogP contribution in [0.2, 0.25) is 0 Å².